The van der Waals surface area contributed by atoms with Gasteiger partial charge >= 0.3 is 0 Å². The van der Waals surface area contributed by atoms with Crippen LogP contribution in [0.15, 0.2) is 42.5 Å². The van der Waals surface area contributed by atoms with Gasteiger partial charge in [-0.05, 0) is 24.3 Å². The number of nitrogens with two attached hydrogens (primary N) is 1. The third-order valence-electron chi connectivity index (χ3n) is 2.54. The molecule has 4 heteroatoms. The standard InChI is InChI=1S/C14H9N3S/c15-12-9-14-13(16-18-17-14)8-11(12)7-6-10-4-2-1-3-5-10/h1-5,8-9H,15H2. The van der Waals surface area contributed by atoms with Crippen LogP contribution in [0.1, 0.15) is 11.1 Å². The Morgan fingerprint density at radius 3 is 2.44 bits per heavy atom. The normalized spacial score (nSPS) is 10.0. The summed E-state index contributed by atoms with van der Waals surface area (Å²) in [4.78, 5) is 0. The van der Waals surface area contributed by atoms with Crippen LogP contribution in [-0.4, -0.2) is 8.75 Å². The summed E-state index contributed by atoms with van der Waals surface area (Å²) in [5.74, 6) is 6.16. The largest absolute Gasteiger partial charge is 0.398 e. The van der Waals surface area contributed by atoms with E-state index in [-0.39, 0.29) is 0 Å². The Labute approximate surface area is 109 Å². The van der Waals surface area contributed by atoms with Gasteiger partial charge in [-0.15, -0.1) is 0 Å². The van der Waals surface area contributed by atoms with Crippen LogP contribution in [-0.2, 0) is 0 Å². The van der Waals surface area contributed by atoms with E-state index in [0.29, 0.717) is 5.69 Å². The van der Waals surface area contributed by atoms with Crippen molar-refractivity contribution < 1.29 is 0 Å². The Morgan fingerprint density at radius 2 is 1.67 bits per heavy atom. The summed E-state index contributed by atoms with van der Waals surface area (Å²) in [6.45, 7) is 0. The lowest BCUT2D eigenvalue weighted by Crippen LogP contribution is -1.90. The Hall–Kier alpha value is -2.38. The minimum atomic E-state index is 0.638. The number of hydrogen-bond donors (Lipinski definition) is 1. The highest BCUT2D eigenvalue weighted by molar-refractivity contribution is 7.00. The number of benzene rings is 2. The van der Waals surface area contributed by atoms with Crippen LogP contribution < -0.4 is 5.73 Å². The van der Waals surface area contributed by atoms with E-state index < -0.39 is 0 Å². The fourth-order valence-electron chi connectivity index (χ4n) is 1.62. The molecule has 0 saturated carbocycles. The molecule has 0 unspecified atom stereocenters. The highest BCUT2D eigenvalue weighted by Crippen LogP contribution is 2.19. The van der Waals surface area contributed by atoms with Crippen LogP contribution in [0.25, 0.3) is 11.0 Å². The summed E-state index contributed by atoms with van der Waals surface area (Å²) >= 11 is 1.18. The van der Waals surface area contributed by atoms with Crippen LogP contribution in [0.5, 0.6) is 0 Å². The van der Waals surface area contributed by atoms with Crippen LogP contribution in [0.4, 0.5) is 5.69 Å². The summed E-state index contributed by atoms with van der Waals surface area (Å²) in [5, 5.41) is 0. The van der Waals surface area contributed by atoms with E-state index in [2.05, 4.69) is 20.6 Å². The molecular weight excluding hydrogens is 242 g/mol. The van der Waals surface area contributed by atoms with Crippen LogP contribution in [0.2, 0.25) is 0 Å². The van der Waals surface area contributed by atoms with Gasteiger partial charge in [0.15, 0.2) is 0 Å². The monoisotopic (exact) mass is 251 g/mol. The predicted molar refractivity (Wildman–Crippen MR) is 74.2 cm³/mol. The molecule has 0 aliphatic rings. The van der Waals surface area contributed by atoms with E-state index in [1.54, 1.807) is 0 Å². The number of fused-ring (bicyclic) bond motifs is 1. The Balaban J connectivity index is 2.05. The SMILES string of the molecule is Nc1cc2nsnc2cc1C#Cc1ccccc1. The first-order valence-corrected chi connectivity index (χ1v) is 6.15. The molecule has 3 rings (SSSR count). The van der Waals surface area contributed by atoms with Crippen molar-refractivity contribution >= 4 is 28.4 Å². The van der Waals surface area contributed by atoms with Crippen LogP contribution in [0, 0.1) is 11.8 Å². The molecule has 3 aromatic rings. The van der Waals surface area contributed by atoms with Gasteiger partial charge in [0.1, 0.15) is 11.0 Å². The maximum Gasteiger partial charge on any atom is 0.106 e. The molecule has 86 valence electrons. The second-order valence-corrected chi connectivity index (χ2v) is 4.34. The van der Waals surface area contributed by atoms with E-state index in [9.17, 15) is 0 Å². The van der Waals surface area contributed by atoms with Gasteiger partial charge in [0.05, 0.1) is 17.3 Å². The number of nitrogen functional groups attached to an aromatic ring is 1. The first-order chi connectivity index (χ1) is 8.83. The number of nitrogens with zero attached hydrogens (tertiary/aromatic N) is 2. The van der Waals surface area contributed by atoms with Crippen molar-refractivity contribution in [3.63, 3.8) is 0 Å². The zero-order chi connectivity index (χ0) is 12.4. The quantitative estimate of drug-likeness (QED) is 0.493. The van der Waals surface area contributed by atoms with Crippen LogP contribution in [0.3, 0.4) is 0 Å². The Bertz CT molecular complexity index is 751. The Morgan fingerprint density at radius 1 is 0.944 bits per heavy atom. The van der Waals surface area contributed by atoms with Gasteiger partial charge in [0.25, 0.3) is 0 Å². The van der Waals surface area contributed by atoms with Crippen molar-refractivity contribution in [3.8, 4) is 11.8 Å². The molecule has 0 fully saturated rings. The molecule has 0 spiro atoms. The summed E-state index contributed by atoms with van der Waals surface area (Å²) < 4.78 is 8.32. The number of hydrogen-bond acceptors (Lipinski definition) is 4. The van der Waals surface area contributed by atoms with E-state index in [4.69, 9.17) is 5.73 Å². The van der Waals surface area contributed by atoms with Crippen molar-refractivity contribution in [2.45, 2.75) is 0 Å². The van der Waals surface area contributed by atoms with E-state index in [1.807, 2.05) is 42.5 Å². The summed E-state index contributed by atoms with van der Waals surface area (Å²) in [5.41, 5.74) is 10.0. The maximum absolute atomic E-state index is 5.94. The van der Waals surface area contributed by atoms with Crippen molar-refractivity contribution in [2.75, 3.05) is 5.73 Å². The predicted octanol–water partition coefficient (Wildman–Crippen LogP) is 2.67. The summed E-state index contributed by atoms with van der Waals surface area (Å²) in [7, 11) is 0. The van der Waals surface area contributed by atoms with Crippen molar-refractivity contribution in [1.82, 2.24) is 8.75 Å². The molecule has 0 radical (unpaired) electrons. The van der Waals surface area contributed by atoms with Gasteiger partial charge in [-0.1, -0.05) is 30.0 Å². The van der Waals surface area contributed by atoms with Gasteiger partial charge in [-0.2, -0.15) is 8.75 Å². The second-order valence-electron chi connectivity index (χ2n) is 3.81. The maximum atomic E-state index is 5.94. The molecule has 3 nitrogen and oxygen atoms in total. The molecule has 0 bridgehead atoms. The van der Waals surface area contributed by atoms with E-state index in [0.717, 1.165) is 22.2 Å². The lowest BCUT2D eigenvalue weighted by atomic mass is 10.1. The fourth-order valence-corrected chi connectivity index (χ4v) is 2.13. The second kappa shape index (κ2) is 4.47. The van der Waals surface area contributed by atoms with Crippen molar-refractivity contribution in [1.29, 1.82) is 0 Å². The third kappa shape index (κ3) is 2.04. The first kappa shape index (κ1) is 10.8. The van der Waals surface area contributed by atoms with Crippen molar-refractivity contribution in [2.24, 2.45) is 0 Å². The van der Waals surface area contributed by atoms with Gasteiger partial charge in [0, 0.05) is 11.3 Å². The summed E-state index contributed by atoms with van der Waals surface area (Å²) in [6.07, 6.45) is 0. The smallest absolute Gasteiger partial charge is 0.106 e. The molecule has 2 N–H and O–H groups in total. The zero-order valence-electron chi connectivity index (χ0n) is 9.42. The minimum absolute atomic E-state index is 0.638. The van der Waals surface area contributed by atoms with Gasteiger partial charge < -0.3 is 5.73 Å². The molecule has 2 aromatic carbocycles. The fraction of sp³-hybridized carbons (Fsp3) is 0. The molecule has 0 aliphatic heterocycles. The molecule has 0 amide bonds. The average molecular weight is 251 g/mol. The lowest BCUT2D eigenvalue weighted by molar-refractivity contribution is 1.60. The van der Waals surface area contributed by atoms with E-state index in [1.165, 1.54) is 11.7 Å². The number of aromatic nitrogens is 2. The highest BCUT2D eigenvalue weighted by atomic mass is 32.1. The van der Waals surface area contributed by atoms with E-state index >= 15 is 0 Å². The Kier molecular flexibility index (Phi) is 2.67. The molecule has 0 aliphatic carbocycles. The first-order valence-electron chi connectivity index (χ1n) is 5.42. The highest BCUT2D eigenvalue weighted by Gasteiger charge is 2.03. The number of anilines is 1. The van der Waals surface area contributed by atoms with Gasteiger partial charge in [-0.25, -0.2) is 0 Å². The van der Waals surface area contributed by atoms with Gasteiger partial charge in [0.2, 0.25) is 0 Å². The molecule has 1 heterocycles. The summed E-state index contributed by atoms with van der Waals surface area (Å²) in [6, 6.07) is 13.5. The molecule has 0 atom stereocenters. The van der Waals surface area contributed by atoms with Crippen LogP contribution >= 0.6 is 11.7 Å². The van der Waals surface area contributed by atoms with Crippen molar-refractivity contribution in [3.05, 3.63) is 53.6 Å². The minimum Gasteiger partial charge on any atom is -0.398 e. The zero-order valence-corrected chi connectivity index (χ0v) is 10.2. The lowest BCUT2D eigenvalue weighted by Gasteiger charge is -1.96. The number of rotatable bonds is 0. The molecule has 1 aromatic heterocycles. The van der Waals surface area contributed by atoms with Gasteiger partial charge in [-0.3, -0.25) is 0 Å². The topological polar surface area (TPSA) is 51.8 Å². The average Bonchev–Trinajstić information content (AvgIpc) is 2.84. The molecular formula is C14H9N3S. The molecule has 0 saturated heterocycles. The molecule has 18 heavy (non-hydrogen) atoms. The third-order valence-corrected chi connectivity index (χ3v) is 3.10.